The van der Waals surface area contributed by atoms with E-state index in [9.17, 15) is 4.79 Å². The van der Waals surface area contributed by atoms with Gasteiger partial charge in [-0.05, 0) is 25.2 Å². The fourth-order valence-electron chi connectivity index (χ4n) is 3.37. The minimum Gasteiger partial charge on any atom is -0.308 e. The molecule has 154 valence electrons. The van der Waals surface area contributed by atoms with Crippen LogP contribution in [0, 0.1) is 0 Å². The number of amides is 1. The largest absolute Gasteiger partial charge is 0.308 e. The summed E-state index contributed by atoms with van der Waals surface area (Å²) in [5.74, 6) is -0.0699. The van der Waals surface area contributed by atoms with E-state index in [4.69, 9.17) is 0 Å². The second-order valence-electron chi connectivity index (χ2n) is 7.57. The SMILES string of the molecule is CN(C)C[C@H](/C(Cc1ccccc1)=N\NC(=O)C[n+]1ccccc1)c1ccccc1. The lowest BCUT2D eigenvalue weighted by molar-refractivity contribution is -0.684. The van der Waals surface area contributed by atoms with Crippen LogP contribution in [0.25, 0.3) is 0 Å². The second kappa shape index (κ2) is 11.0. The summed E-state index contributed by atoms with van der Waals surface area (Å²) in [6, 6.07) is 26.3. The first-order chi connectivity index (χ1) is 14.6. The molecule has 0 radical (unpaired) electrons. The minimum absolute atomic E-state index is 0.0751. The molecular weight excluding hydrogens is 372 g/mol. The Labute approximate surface area is 178 Å². The van der Waals surface area contributed by atoms with Crippen molar-refractivity contribution in [2.45, 2.75) is 18.9 Å². The van der Waals surface area contributed by atoms with Crippen molar-refractivity contribution in [1.29, 1.82) is 0 Å². The van der Waals surface area contributed by atoms with Crippen molar-refractivity contribution < 1.29 is 9.36 Å². The molecule has 0 fully saturated rings. The molecule has 0 saturated carbocycles. The Kier molecular flexibility index (Phi) is 7.86. The molecule has 0 aliphatic rings. The first-order valence-corrected chi connectivity index (χ1v) is 10.1. The molecule has 5 nitrogen and oxygen atoms in total. The maximum atomic E-state index is 12.5. The molecule has 1 aromatic heterocycles. The smallest absolute Gasteiger partial charge is 0.305 e. The van der Waals surface area contributed by atoms with Crippen LogP contribution in [0.15, 0.2) is 96.4 Å². The van der Waals surface area contributed by atoms with Crippen LogP contribution in [-0.4, -0.2) is 37.2 Å². The standard InChI is InChI=1S/C25H28N4O/c1-28(2)19-23(22-14-8-4-9-15-22)24(18-21-12-6-3-7-13-21)26-27-25(30)20-29-16-10-5-11-17-29/h3-17,23H,18-20H2,1-2H3/p+1/b26-24-/t23-/m0/s1. The van der Waals surface area contributed by atoms with Gasteiger partial charge in [-0.1, -0.05) is 66.7 Å². The van der Waals surface area contributed by atoms with Gasteiger partial charge in [0.2, 0.25) is 6.54 Å². The molecular formula is C25H29N4O+. The number of carbonyl (C=O) groups is 1. The molecule has 0 spiro atoms. The third kappa shape index (κ3) is 6.64. The first kappa shape index (κ1) is 21.4. The summed E-state index contributed by atoms with van der Waals surface area (Å²) in [5.41, 5.74) is 6.08. The molecule has 1 atom stereocenters. The molecule has 0 aliphatic carbocycles. The molecule has 3 aromatic rings. The molecule has 0 unspecified atom stereocenters. The number of rotatable bonds is 9. The quantitative estimate of drug-likeness (QED) is 0.340. The highest BCUT2D eigenvalue weighted by Crippen LogP contribution is 2.21. The zero-order valence-corrected chi connectivity index (χ0v) is 17.6. The summed E-state index contributed by atoms with van der Waals surface area (Å²) in [7, 11) is 4.11. The number of carbonyl (C=O) groups excluding carboxylic acids is 1. The van der Waals surface area contributed by atoms with Crippen LogP contribution in [0.5, 0.6) is 0 Å². The van der Waals surface area contributed by atoms with E-state index < -0.39 is 0 Å². The normalized spacial score (nSPS) is 12.6. The first-order valence-electron chi connectivity index (χ1n) is 10.1. The van der Waals surface area contributed by atoms with Gasteiger partial charge in [0.05, 0.1) is 5.71 Å². The van der Waals surface area contributed by atoms with Gasteiger partial charge in [-0.15, -0.1) is 0 Å². The van der Waals surface area contributed by atoms with E-state index in [1.165, 1.54) is 11.1 Å². The lowest BCUT2D eigenvalue weighted by Crippen LogP contribution is -2.41. The van der Waals surface area contributed by atoms with Gasteiger partial charge < -0.3 is 4.90 Å². The number of hydrazone groups is 1. The second-order valence-corrected chi connectivity index (χ2v) is 7.57. The number of nitrogens with one attached hydrogen (secondary N) is 1. The maximum absolute atomic E-state index is 12.5. The van der Waals surface area contributed by atoms with Crippen molar-refractivity contribution in [2.24, 2.45) is 5.10 Å². The Morgan fingerprint density at radius 1 is 0.933 bits per heavy atom. The van der Waals surface area contributed by atoms with Gasteiger partial charge in [0, 0.05) is 31.0 Å². The van der Waals surface area contributed by atoms with Crippen molar-refractivity contribution >= 4 is 11.6 Å². The predicted molar refractivity (Wildman–Crippen MR) is 120 cm³/mol. The summed E-state index contributed by atoms with van der Waals surface area (Å²) in [6.45, 7) is 1.03. The van der Waals surface area contributed by atoms with Crippen molar-refractivity contribution in [3.8, 4) is 0 Å². The van der Waals surface area contributed by atoms with Crippen LogP contribution in [0.4, 0.5) is 0 Å². The van der Waals surface area contributed by atoms with E-state index in [0.29, 0.717) is 6.42 Å². The molecule has 0 saturated heterocycles. The van der Waals surface area contributed by atoms with Crippen LogP contribution in [0.2, 0.25) is 0 Å². The average Bonchev–Trinajstić information content (AvgIpc) is 2.77. The highest BCUT2D eigenvalue weighted by Gasteiger charge is 2.21. The monoisotopic (exact) mass is 401 g/mol. The Bertz CT molecular complexity index is 941. The van der Waals surface area contributed by atoms with E-state index in [0.717, 1.165) is 12.3 Å². The Balaban J connectivity index is 1.85. The summed E-state index contributed by atoms with van der Waals surface area (Å²) in [5, 5.41) is 4.62. The van der Waals surface area contributed by atoms with E-state index >= 15 is 0 Å². The zero-order valence-electron chi connectivity index (χ0n) is 17.6. The highest BCUT2D eigenvalue weighted by atomic mass is 16.2. The van der Waals surface area contributed by atoms with Gasteiger partial charge >= 0.3 is 5.91 Å². The van der Waals surface area contributed by atoms with Crippen LogP contribution >= 0.6 is 0 Å². The van der Waals surface area contributed by atoms with Crippen molar-refractivity contribution in [3.05, 3.63) is 102 Å². The minimum atomic E-state index is -0.145. The molecule has 0 bridgehead atoms. The van der Waals surface area contributed by atoms with Crippen molar-refractivity contribution in [3.63, 3.8) is 0 Å². The number of pyridine rings is 1. The molecule has 1 N–H and O–H groups in total. The van der Waals surface area contributed by atoms with Crippen molar-refractivity contribution in [1.82, 2.24) is 10.3 Å². The number of aromatic nitrogens is 1. The zero-order chi connectivity index (χ0) is 21.2. The van der Waals surface area contributed by atoms with E-state index in [1.807, 2.05) is 71.6 Å². The average molecular weight is 402 g/mol. The number of likely N-dealkylation sites (N-methyl/N-ethyl adjacent to an activating group) is 1. The number of hydrogen-bond acceptors (Lipinski definition) is 3. The van der Waals surface area contributed by atoms with Gasteiger partial charge in [-0.3, -0.25) is 4.79 Å². The molecule has 1 heterocycles. The highest BCUT2D eigenvalue weighted by molar-refractivity contribution is 5.93. The van der Waals surface area contributed by atoms with Gasteiger partial charge in [0.1, 0.15) is 0 Å². The van der Waals surface area contributed by atoms with Gasteiger partial charge in [-0.2, -0.15) is 9.67 Å². The number of benzene rings is 2. The Morgan fingerprint density at radius 3 is 2.17 bits per heavy atom. The van der Waals surface area contributed by atoms with E-state index in [1.54, 1.807) is 0 Å². The number of nitrogens with zero attached hydrogens (tertiary/aromatic N) is 3. The van der Waals surface area contributed by atoms with Gasteiger partial charge in [-0.25, -0.2) is 5.43 Å². The Hall–Kier alpha value is -3.31. The van der Waals surface area contributed by atoms with Crippen LogP contribution < -0.4 is 9.99 Å². The Morgan fingerprint density at radius 2 is 1.53 bits per heavy atom. The van der Waals surface area contributed by atoms with Crippen LogP contribution in [0.1, 0.15) is 17.0 Å². The lowest BCUT2D eigenvalue weighted by atomic mass is 9.90. The fraction of sp³-hybridized carbons (Fsp3) is 0.240. The maximum Gasteiger partial charge on any atom is 0.305 e. The molecule has 30 heavy (non-hydrogen) atoms. The fourth-order valence-corrected chi connectivity index (χ4v) is 3.37. The molecule has 5 heteroatoms. The van der Waals surface area contributed by atoms with E-state index in [-0.39, 0.29) is 18.4 Å². The summed E-state index contributed by atoms with van der Waals surface area (Å²) < 4.78 is 1.83. The molecule has 2 aromatic carbocycles. The molecule has 3 rings (SSSR count). The van der Waals surface area contributed by atoms with Gasteiger partial charge in [0.15, 0.2) is 12.4 Å². The third-order valence-corrected chi connectivity index (χ3v) is 4.81. The topological polar surface area (TPSA) is 48.6 Å². The summed E-state index contributed by atoms with van der Waals surface area (Å²) in [6.07, 6.45) is 4.41. The molecule has 0 aliphatic heterocycles. The lowest BCUT2D eigenvalue weighted by Gasteiger charge is -2.23. The number of hydrogen-bond donors (Lipinski definition) is 1. The van der Waals surface area contributed by atoms with Gasteiger partial charge in [0.25, 0.3) is 0 Å². The van der Waals surface area contributed by atoms with E-state index in [2.05, 4.69) is 53.8 Å². The third-order valence-electron chi connectivity index (χ3n) is 4.81. The predicted octanol–water partition coefficient (Wildman–Crippen LogP) is 3.03. The van der Waals surface area contributed by atoms with Crippen LogP contribution in [-0.2, 0) is 17.8 Å². The van der Waals surface area contributed by atoms with Crippen LogP contribution in [0.3, 0.4) is 0 Å². The summed E-state index contributed by atoms with van der Waals surface area (Å²) >= 11 is 0. The summed E-state index contributed by atoms with van der Waals surface area (Å²) in [4.78, 5) is 14.7. The van der Waals surface area contributed by atoms with Crippen molar-refractivity contribution in [2.75, 3.05) is 20.6 Å². The molecule has 1 amide bonds.